The van der Waals surface area contributed by atoms with Crippen molar-refractivity contribution in [2.75, 3.05) is 6.54 Å². The molecule has 0 aromatic carbocycles. The van der Waals surface area contributed by atoms with E-state index in [1.807, 2.05) is 0 Å². The second-order valence-corrected chi connectivity index (χ2v) is 5.83. The Morgan fingerprint density at radius 3 is 2.83 bits per heavy atom. The first-order chi connectivity index (χ1) is 5.66. The molecule has 3 aliphatic rings. The molecule has 0 spiro atoms. The van der Waals surface area contributed by atoms with Gasteiger partial charge in [0, 0.05) is 18.6 Å². The topological polar surface area (TPSA) is 3.24 Å². The molecule has 0 radical (unpaired) electrons. The van der Waals surface area contributed by atoms with Crippen molar-refractivity contribution < 1.29 is 0 Å². The van der Waals surface area contributed by atoms with E-state index in [0.717, 1.165) is 18.0 Å². The quantitative estimate of drug-likeness (QED) is 0.532. The Bertz CT molecular complexity index is 189. The number of nitrogens with zero attached hydrogens (tertiary/aromatic N) is 1. The summed E-state index contributed by atoms with van der Waals surface area (Å²) < 4.78 is 0. The van der Waals surface area contributed by atoms with Crippen LogP contribution in [0, 0.1) is 11.3 Å². The summed E-state index contributed by atoms with van der Waals surface area (Å²) >= 11 is 0. The summed E-state index contributed by atoms with van der Waals surface area (Å²) in [6.45, 7) is 6.24. The third-order valence-electron chi connectivity index (χ3n) is 4.26. The molecule has 0 aromatic heterocycles. The van der Waals surface area contributed by atoms with Gasteiger partial charge in [-0.1, -0.05) is 13.8 Å². The summed E-state index contributed by atoms with van der Waals surface area (Å²) in [7, 11) is 0. The van der Waals surface area contributed by atoms with Crippen LogP contribution in [0.2, 0.25) is 0 Å². The summed E-state index contributed by atoms with van der Waals surface area (Å²) in [4.78, 5) is 2.81. The van der Waals surface area contributed by atoms with Crippen molar-refractivity contribution in [1.82, 2.24) is 4.90 Å². The van der Waals surface area contributed by atoms with Crippen LogP contribution in [0.4, 0.5) is 0 Å². The maximum absolute atomic E-state index is 2.81. The molecule has 2 saturated heterocycles. The minimum atomic E-state index is 0.617. The molecule has 1 saturated carbocycles. The largest absolute Gasteiger partial charge is 0.297 e. The maximum Gasteiger partial charge on any atom is 0.0133 e. The van der Waals surface area contributed by atoms with E-state index in [1.165, 1.54) is 32.2 Å². The van der Waals surface area contributed by atoms with Gasteiger partial charge in [0.15, 0.2) is 0 Å². The van der Waals surface area contributed by atoms with E-state index in [2.05, 4.69) is 18.7 Å². The zero-order valence-electron chi connectivity index (χ0n) is 8.21. The molecule has 0 aromatic rings. The van der Waals surface area contributed by atoms with Gasteiger partial charge in [-0.3, -0.25) is 4.90 Å². The summed E-state index contributed by atoms with van der Waals surface area (Å²) in [6, 6.07) is 1.97. The van der Waals surface area contributed by atoms with Crippen LogP contribution in [-0.2, 0) is 0 Å². The van der Waals surface area contributed by atoms with E-state index in [0.29, 0.717) is 5.41 Å². The maximum atomic E-state index is 2.81. The third kappa shape index (κ3) is 0.834. The fraction of sp³-hybridized carbons (Fsp3) is 1.00. The van der Waals surface area contributed by atoms with Crippen molar-refractivity contribution >= 4 is 0 Å². The van der Waals surface area contributed by atoms with E-state index in [-0.39, 0.29) is 0 Å². The molecule has 3 unspecified atom stereocenters. The highest BCUT2D eigenvalue weighted by atomic mass is 15.3. The van der Waals surface area contributed by atoms with E-state index >= 15 is 0 Å². The highest BCUT2D eigenvalue weighted by molar-refractivity contribution is 5.06. The lowest BCUT2D eigenvalue weighted by Crippen LogP contribution is -2.36. The molecule has 2 bridgehead atoms. The molecule has 3 rings (SSSR count). The molecule has 68 valence electrons. The summed E-state index contributed by atoms with van der Waals surface area (Å²) in [5, 5.41) is 0. The molecule has 3 fully saturated rings. The molecule has 2 aliphatic heterocycles. The minimum Gasteiger partial charge on any atom is -0.297 e. The molecular weight excluding hydrogens is 146 g/mol. The Labute approximate surface area is 75.1 Å². The molecular formula is C11H19N. The fourth-order valence-corrected chi connectivity index (χ4v) is 3.84. The molecule has 0 amide bonds. The Morgan fingerprint density at radius 1 is 1.25 bits per heavy atom. The normalized spacial score (nSPS) is 50.0. The zero-order chi connectivity index (χ0) is 8.34. The molecule has 2 heterocycles. The number of piperidine rings is 1. The van der Waals surface area contributed by atoms with Gasteiger partial charge in [0.1, 0.15) is 0 Å². The first-order valence-corrected chi connectivity index (χ1v) is 5.41. The third-order valence-corrected chi connectivity index (χ3v) is 4.26. The van der Waals surface area contributed by atoms with Crippen molar-refractivity contribution in [3.05, 3.63) is 0 Å². The van der Waals surface area contributed by atoms with Crippen LogP contribution in [0.5, 0.6) is 0 Å². The van der Waals surface area contributed by atoms with E-state index in [4.69, 9.17) is 0 Å². The average Bonchev–Trinajstić information content (AvgIpc) is 2.54. The van der Waals surface area contributed by atoms with Crippen LogP contribution in [0.15, 0.2) is 0 Å². The van der Waals surface area contributed by atoms with Gasteiger partial charge >= 0.3 is 0 Å². The molecule has 1 nitrogen and oxygen atoms in total. The van der Waals surface area contributed by atoms with Crippen LogP contribution in [0.3, 0.4) is 0 Å². The molecule has 3 atom stereocenters. The average molecular weight is 165 g/mol. The first kappa shape index (κ1) is 7.37. The second-order valence-electron chi connectivity index (χ2n) is 5.83. The van der Waals surface area contributed by atoms with Crippen molar-refractivity contribution in [2.24, 2.45) is 11.3 Å². The van der Waals surface area contributed by atoms with Gasteiger partial charge in [-0.05, 0) is 37.0 Å². The first-order valence-electron chi connectivity index (χ1n) is 5.41. The molecule has 0 N–H and O–H groups in total. The molecule has 1 aliphatic carbocycles. The van der Waals surface area contributed by atoms with Gasteiger partial charge in [0.25, 0.3) is 0 Å². The Hall–Kier alpha value is -0.0400. The Morgan fingerprint density at radius 2 is 2.08 bits per heavy atom. The van der Waals surface area contributed by atoms with Gasteiger partial charge in [0.05, 0.1) is 0 Å². The van der Waals surface area contributed by atoms with Crippen LogP contribution < -0.4 is 0 Å². The lowest BCUT2D eigenvalue weighted by atomic mass is 9.86. The van der Waals surface area contributed by atoms with E-state index < -0.39 is 0 Å². The number of rotatable bonds is 0. The predicted molar refractivity (Wildman–Crippen MR) is 50.0 cm³/mol. The van der Waals surface area contributed by atoms with Crippen LogP contribution in [0.1, 0.15) is 39.5 Å². The van der Waals surface area contributed by atoms with Crippen LogP contribution in [0.25, 0.3) is 0 Å². The van der Waals surface area contributed by atoms with Crippen molar-refractivity contribution in [2.45, 2.75) is 51.6 Å². The highest BCUT2D eigenvalue weighted by Gasteiger charge is 2.52. The van der Waals surface area contributed by atoms with Gasteiger partial charge in [-0.2, -0.15) is 0 Å². The summed E-state index contributed by atoms with van der Waals surface area (Å²) in [5.41, 5.74) is 0.617. The van der Waals surface area contributed by atoms with Crippen molar-refractivity contribution in [3.63, 3.8) is 0 Å². The Balaban J connectivity index is 1.87. The van der Waals surface area contributed by atoms with E-state index in [1.54, 1.807) is 0 Å². The smallest absolute Gasteiger partial charge is 0.0133 e. The van der Waals surface area contributed by atoms with Gasteiger partial charge in [-0.15, -0.1) is 0 Å². The summed E-state index contributed by atoms with van der Waals surface area (Å²) in [5.74, 6) is 1.08. The molecule has 12 heavy (non-hydrogen) atoms. The van der Waals surface area contributed by atoms with Gasteiger partial charge in [-0.25, -0.2) is 0 Å². The van der Waals surface area contributed by atoms with Crippen LogP contribution in [-0.4, -0.2) is 23.5 Å². The lowest BCUT2D eigenvalue weighted by molar-refractivity contribution is 0.181. The van der Waals surface area contributed by atoms with Crippen molar-refractivity contribution in [3.8, 4) is 0 Å². The van der Waals surface area contributed by atoms with Gasteiger partial charge < -0.3 is 0 Å². The molecule has 1 heteroatoms. The standard InChI is InChI=1S/C11H19N/c1-11(2)6-10-8-3-4-9(5-8)12(10)7-11/h8-10H,3-7H2,1-2H3. The number of hydrogen-bond donors (Lipinski definition) is 0. The Kier molecular flexibility index (Phi) is 1.27. The lowest BCUT2D eigenvalue weighted by Gasteiger charge is -2.28. The number of hydrogen-bond acceptors (Lipinski definition) is 1. The van der Waals surface area contributed by atoms with Crippen LogP contribution >= 0.6 is 0 Å². The fourth-order valence-electron chi connectivity index (χ4n) is 3.84. The minimum absolute atomic E-state index is 0.617. The predicted octanol–water partition coefficient (Wildman–Crippen LogP) is 2.27. The van der Waals surface area contributed by atoms with E-state index in [9.17, 15) is 0 Å². The van der Waals surface area contributed by atoms with Crippen molar-refractivity contribution in [1.29, 1.82) is 0 Å². The summed E-state index contributed by atoms with van der Waals surface area (Å²) in [6.07, 6.45) is 6.02. The second kappa shape index (κ2) is 2.06. The monoisotopic (exact) mass is 165 g/mol. The number of fused-ring (bicyclic) bond motifs is 5. The SMILES string of the molecule is CC1(C)CC2C3CCC(C3)N2C1. The zero-order valence-corrected chi connectivity index (χ0v) is 8.21. The van der Waals surface area contributed by atoms with Gasteiger partial charge in [0.2, 0.25) is 0 Å². The highest BCUT2D eigenvalue weighted by Crippen LogP contribution is 2.51.